The Bertz CT molecular complexity index is 544. The van der Waals surface area contributed by atoms with Crippen LogP contribution in [-0.2, 0) is 16.6 Å². The second-order valence-electron chi connectivity index (χ2n) is 4.06. The molecule has 0 radical (unpaired) electrons. The van der Waals surface area contributed by atoms with Gasteiger partial charge in [-0.25, -0.2) is 8.42 Å². The van der Waals surface area contributed by atoms with E-state index < -0.39 is 33.4 Å². The van der Waals surface area contributed by atoms with Crippen molar-refractivity contribution in [3.63, 3.8) is 0 Å². The van der Waals surface area contributed by atoms with E-state index in [4.69, 9.17) is 9.52 Å². The van der Waals surface area contributed by atoms with Crippen LogP contribution in [0.2, 0.25) is 0 Å². The second kappa shape index (κ2) is 3.97. The van der Waals surface area contributed by atoms with Crippen molar-refractivity contribution in [1.82, 2.24) is 4.72 Å². The van der Waals surface area contributed by atoms with Gasteiger partial charge in [0.2, 0.25) is 5.09 Å². The molecule has 0 spiro atoms. The van der Waals surface area contributed by atoms with Gasteiger partial charge in [0.15, 0.2) is 0 Å². The standard InChI is InChI=1S/C9H10F3NO4S/c10-9(11,12)8(3-4-8)13-18(15,16)7-2-1-6(5-14)17-7/h1-2,13-14H,3-5H2. The molecule has 0 amide bonds. The molecule has 102 valence electrons. The average molecular weight is 285 g/mol. The molecule has 0 bridgehead atoms. The summed E-state index contributed by atoms with van der Waals surface area (Å²) in [5.41, 5.74) is -2.38. The first kappa shape index (κ1) is 13.4. The van der Waals surface area contributed by atoms with Crippen molar-refractivity contribution in [3.8, 4) is 0 Å². The van der Waals surface area contributed by atoms with E-state index in [1.165, 1.54) is 6.07 Å². The van der Waals surface area contributed by atoms with Gasteiger partial charge in [-0.15, -0.1) is 0 Å². The lowest BCUT2D eigenvalue weighted by molar-refractivity contribution is -0.160. The lowest BCUT2D eigenvalue weighted by Gasteiger charge is -2.19. The molecule has 0 aliphatic heterocycles. The van der Waals surface area contributed by atoms with Gasteiger partial charge in [0.1, 0.15) is 17.9 Å². The van der Waals surface area contributed by atoms with E-state index in [1.54, 1.807) is 4.72 Å². The van der Waals surface area contributed by atoms with Crippen LogP contribution in [0.15, 0.2) is 21.6 Å². The van der Waals surface area contributed by atoms with Crippen LogP contribution in [0.5, 0.6) is 0 Å². The van der Waals surface area contributed by atoms with E-state index in [-0.39, 0.29) is 18.6 Å². The molecule has 1 aromatic rings. The van der Waals surface area contributed by atoms with Gasteiger partial charge in [-0.05, 0) is 25.0 Å². The third-order valence-corrected chi connectivity index (χ3v) is 4.09. The van der Waals surface area contributed by atoms with E-state index in [0.29, 0.717) is 0 Å². The Morgan fingerprint density at radius 1 is 1.39 bits per heavy atom. The Morgan fingerprint density at radius 2 is 2.00 bits per heavy atom. The summed E-state index contributed by atoms with van der Waals surface area (Å²) in [6, 6.07) is 2.18. The fourth-order valence-electron chi connectivity index (χ4n) is 1.46. The van der Waals surface area contributed by atoms with E-state index >= 15 is 0 Å². The van der Waals surface area contributed by atoms with Gasteiger partial charge in [-0.3, -0.25) is 0 Å². The molecule has 1 aromatic heterocycles. The number of furan rings is 1. The highest BCUT2D eigenvalue weighted by molar-refractivity contribution is 7.89. The molecular formula is C9H10F3NO4S. The number of sulfonamides is 1. The highest BCUT2D eigenvalue weighted by Crippen LogP contribution is 2.49. The molecule has 0 saturated heterocycles. The predicted octanol–water partition coefficient (Wildman–Crippen LogP) is 1.15. The summed E-state index contributed by atoms with van der Waals surface area (Å²) in [4.78, 5) is 0. The fourth-order valence-corrected chi connectivity index (χ4v) is 2.86. The molecule has 0 atom stereocenters. The van der Waals surface area contributed by atoms with Crippen molar-refractivity contribution in [1.29, 1.82) is 0 Å². The van der Waals surface area contributed by atoms with Gasteiger partial charge in [0.25, 0.3) is 10.0 Å². The summed E-state index contributed by atoms with van der Waals surface area (Å²) in [7, 11) is -4.38. The summed E-state index contributed by atoms with van der Waals surface area (Å²) in [5.74, 6) is -0.0350. The first-order valence-corrected chi connectivity index (χ1v) is 6.49. The number of alkyl halides is 3. The lowest BCUT2D eigenvalue weighted by Crippen LogP contribution is -2.47. The third kappa shape index (κ3) is 2.25. The number of nitrogens with one attached hydrogen (secondary N) is 1. The highest BCUT2D eigenvalue weighted by Gasteiger charge is 2.65. The van der Waals surface area contributed by atoms with Crippen LogP contribution in [-0.4, -0.2) is 25.2 Å². The Labute approximate surface area is 101 Å². The first-order valence-electron chi connectivity index (χ1n) is 5.00. The van der Waals surface area contributed by atoms with Crippen LogP contribution in [0, 0.1) is 0 Å². The molecule has 1 saturated carbocycles. The minimum absolute atomic E-state index is 0.0350. The molecule has 1 aliphatic carbocycles. The second-order valence-corrected chi connectivity index (χ2v) is 5.68. The zero-order valence-electron chi connectivity index (χ0n) is 8.99. The van der Waals surface area contributed by atoms with Crippen molar-refractivity contribution in [2.45, 2.75) is 36.3 Å². The molecular weight excluding hydrogens is 275 g/mol. The van der Waals surface area contributed by atoms with Crippen LogP contribution in [0.4, 0.5) is 13.2 Å². The van der Waals surface area contributed by atoms with Crippen LogP contribution < -0.4 is 4.72 Å². The van der Waals surface area contributed by atoms with Crippen LogP contribution in [0.1, 0.15) is 18.6 Å². The van der Waals surface area contributed by atoms with Crippen LogP contribution in [0.25, 0.3) is 0 Å². The highest BCUT2D eigenvalue weighted by atomic mass is 32.2. The Hall–Kier alpha value is -1.06. The quantitative estimate of drug-likeness (QED) is 0.869. The zero-order chi connectivity index (χ0) is 13.6. The maximum atomic E-state index is 12.6. The van der Waals surface area contributed by atoms with Gasteiger partial charge in [0.05, 0.1) is 0 Å². The smallest absolute Gasteiger partial charge is 0.407 e. The van der Waals surface area contributed by atoms with Crippen molar-refractivity contribution in [2.24, 2.45) is 0 Å². The average Bonchev–Trinajstić information content (AvgIpc) is 2.86. The van der Waals surface area contributed by atoms with Crippen LogP contribution >= 0.6 is 0 Å². The molecule has 9 heteroatoms. The topological polar surface area (TPSA) is 79.5 Å². The third-order valence-electron chi connectivity index (χ3n) is 2.68. The van der Waals surface area contributed by atoms with E-state index in [0.717, 1.165) is 6.07 Å². The summed E-state index contributed by atoms with van der Waals surface area (Å²) in [6.07, 6.45) is -5.21. The van der Waals surface area contributed by atoms with E-state index in [1.807, 2.05) is 0 Å². The molecule has 18 heavy (non-hydrogen) atoms. The lowest BCUT2D eigenvalue weighted by atomic mass is 10.3. The Kier molecular flexibility index (Phi) is 2.95. The molecule has 1 aliphatic rings. The minimum atomic E-state index is -4.63. The molecule has 5 nitrogen and oxygen atoms in total. The Morgan fingerprint density at radius 3 is 2.39 bits per heavy atom. The van der Waals surface area contributed by atoms with Gasteiger partial charge < -0.3 is 9.52 Å². The van der Waals surface area contributed by atoms with Gasteiger partial charge in [0, 0.05) is 0 Å². The predicted molar refractivity (Wildman–Crippen MR) is 53.0 cm³/mol. The van der Waals surface area contributed by atoms with Crippen LogP contribution in [0.3, 0.4) is 0 Å². The summed E-state index contributed by atoms with van der Waals surface area (Å²) < 4.78 is 67.5. The SMILES string of the molecule is O=S(=O)(NC1(C(F)(F)F)CC1)c1ccc(CO)o1. The largest absolute Gasteiger partial charge is 0.446 e. The van der Waals surface area contributed by atoms with Crippen molar-refractivity contribution < 1.29 is 31.1 Å². The maximum absolute atomic E-state index is 12.6. The minimum Gasteiger partial charge on any atom is -0.446 e. The summed E-state index contributed by atoms with van der Waals surface area (Å²) in [6.45, 7) is -0.528. The van der Waals surface area contributed by atoms with Crippen molar-refractivity contribution in [2.75, 3.05) is 0 Å². The van der Waals surface area contributed by atoms with Gasteiger partial charge in [-0.2, -0.15) is 17.9 Å². The number of rotatable bonds is 4. The Balaban J connectivity index is 2.23. The summed E-state index contributed by atoms with van der Waals surface area (Å²) >= 11 is 0. The summed E-state index contributed by atoms with van der Waals surface area (Å²) in [5, 5.41) is 8.06. The van der Waals surface area contributed by atoms with E-state index in [9.17, 15) is 21.6 Å². The molecule has 2 rings (SSSR count). The normalized spacial score (nSPS) is 18.9. The monoisotopic (exact) mass is 285 g/mol. The number of hydrogen-bond acceptors (Lipinski definition) is 4. The molecule has 0 unspecified atom stereocenters. The van der Waals surface area contributed by atoms with Gasteiger partial charge >= 0.3 is 6.18 Å². The zero-order valence-corrected chi connectivity index (χ0v) is 9.81. The molecule has 1 fully saturated rings. The van der Waals surface area contributed by atoms with E-state index in [2.05, 4.69) is 0 Å². The maximum Gasteiger partial charge on any atom is 0.407 e. The van der Waals surface area contributed by atoms with Crippen molar-refractivity contribution in [3.05, 3.63) is 17.9 Å². The van der Waals surface area contributed by atoms with Crippen molar-refractivity contribution >= 4 is 10.0 Å². The first-order chi connectivity index (χ1) is 8.20. The number of hydrogen-bond donors (Lipinski definition) is 2. The molecule has 0 aromatic carbocycles. The molecule has 2 N–H and O–H groups in total. The number of aliphatic hydroxyl groups is 1. The molecule has 1 heterocycles. The number of aliphatic hydroxyl groups excluding tert-OH is 1. The number of halogens is 3. The van der Waals surface area contributed by atoms with Gasteiger partial charge in [-0.1, -0.05) is 0 Å². The fraction of sp³-hybridized carbons (Fsp3) is 0.556.